The second-order valence-electron chi connectivity index (χ2n) is 7.03. The van der Waals surface area contributed by atoms with Crippen LogP contribution < -0.4 is 5.32 Å². The van der Waals surface area contributed by atoms with Crippen LogP contribution in [0.3, 0.4) is 0 Å². The van der Waals surface area contributed by atoms with E-state index in [0.717, 1.165) is 37.5 Å². The molecule has 5 nitrogen and oxygen atoms in total. The molecule has 1 saturated carbocycles. The van der Waals surface area contributed by atoms with Gasteiger partial charge in [0, 0.05) is 38.3 Å². The third-order valence-electron chi connectivity index (χ3n) is 4.99. The van der Waals surface area contributed by atoms with Gasteiger partial charge in [0.05, 0.1) is 13.2 Å². The molecule has 1 aromatic rings. The number of nitrogens with one attached hydrogen (secondary N) is 1. The molecule has 1 aromatic carbocycles. The molecule has 1 saturated heterocycles. The Morgan fingerprint density at radius 1 is 1.17 bits per heavy atom. The van der Waals surface area contributed by atoms with Gasteiger partial charge in [-0.25, -0.2) is 0 Å². The number of nitrogens with zero attached hydrogens (tertiary/aromatic N) is 2. The van der Waals surface area contributed by atoms with Crippen molar-refractivity contribution in [2.24, 2.45) is 0 Å². The molecule has 1 amide bonds. The number of piperidine rings is 1. The first-order valence-corrected chi connectivity index (χ1v) is 9.15. The summed E-state index contributed by atoms with van der Waals surface area (Å²) in [5, 5.41) is 12.4. The smallest absolute Gasteiger partial charge is 0.234 e. The molecule has 0 atom stereocenters. The number of benzene rings is 1. The zero-order valence-corrected chi connectivity index (χ0v) is 14.4. The van der Waals surface area contributed by atoms with Crippen LogP contribution in [0.5, 0.6) is 0 Å². The largest absolute Gasteiger partial charge is 0.395 e. The molecule has 24 heavy (non-hydrogen) atoms. The van der Waals surface area contributed by atoms with Crippen molar-refractivity contribution in [2.75, 3.05) is 32.8 Å². The number of likely N-dealkylation sites (tertiary alicyclic amines) is 1. The van der Waals surface area contributed by atoms with Crippen molar-refractivity contribution >= 4 is 5.91 Å². The molecule has 0 aromatic heterocycles. The van der Waals surface area contributed by atoms with Crippen LogP contribution in [0.25, 0.3) is 0 Å². The Bertz CT molecular complexity index is 511. The highest BCUT2D eigenvalue weighted by atomic mass is 16.3. The summed E-state index contributed by atoms with van der Waals surface area (Å²) in [5.74, 6) is 0.0734. The van der Waals surface area contributed by atoms with Gasteiger partial charge >= 0.3 is 0 Å². The molecule has 5 heteroatoms. The Morgan fingerprint density at radius 2 is 1.88 bits per heavy atom. The summed E-state index contributed by atoms with van der Waals surface area (Å²) < 4.78 is 0. The Morgan fingerprint density at radius 3 is 2.50 bits per heavy atom. The summed E-state index contributed by atoms with van der Waals surface area (Å²) in [4.78, 5) is 16.9. The van der Waals surface area contributed by atoms with Gasteiger partial charge in [-0.05, 0) is 31.2 Å². The standard InChI is InChI=1S/C19H29N3O2/c23-13-12-21(14-16-4-2-1-3-5-16)15-19(24)20-17-8-10-22(11-9-17)18-6-7-18/h1-5,17-18,23H,6-15H2,(H,20,24). The van der Waals surface area contributed by atoms with Crippen molar-refractivity contribution in [3.63, 3.8) is 0 Å². The SMILES string of the molecule is O=C(CN(CCO)Cc1ccccc1)NC1CCN(C2CC2)CC1. The number of hydrogen-bond acceptors (Lipinski definition) is 4. The minimum atomic E-state index is 0.0693. The highest BCUT2D eigenvalue weighted by Crippen LogP contribution is 2.29. The third kappa shape index (κ3) is 5.30. The lowest BCUT2D eigenvalue weighted by Crippen LogP contribution is -2.48. The van der Waals surface area contributed by atoms with Crippen LogP contribution in [-0.2, 0) is 11.3 Å². The topological polar surface area (TPSA) is 55.8 Å². The lowest BCUT2D eigenvalue weighted by molar-refractivity contribution is -0.123. The highest BCUT2D eigenvalue weighted by Gasteiger charge is 2.32. The highest BCUT2D eigenvalue weighted by molar-refractivity contribution is 5.78. The van der Waals surface area contributed by atoms with Crippen molar-refractivity contribution in [1.29, 1.82) is 0 Å². The van der Waals surface area contributed by atoms with E-state index in [9.17, 15) is 9.90 Å². The number of hydrogen-bond donors (Lipinski definition) is 2. The summed E-state index contributed by atoms with van der Waals surface area (Å²) in [6, 6.07) is 11.2. The molecule has 0 radical (unpaired) electrons. The van der Waals surface area contributed by atoms with Crippen LogP contribution in [-0.4, -0.2) is 65.7 Å². The number of aliphatic hydroxyl groups excluding tert-OH is 1. The summed E-state index contributed by atoms with van der Waals surface area (Å²) in [5.41, 5.74) is 1.16. The van der Waals surface area contributed by atoms with Gasteiger partial charge in [0.15, 0.2) is 0 Å². The maximum Gasteiger partial charge on any atom is 0.234 e. The monoisotopic (exact) mass is 331 g/mol. The molecule has 2 aliphatic rings. The van der Waals surface area contributed by atoms with Gasteiger partial charge in [0.1, 0.15) is 0 Å². The molecule has 3 rings (SSSR count). The molecule has 0 unspecified atom stereocenters. The molecule has 2 fully saturated rings. The molecular formula is C19H29N3O2. The number of aliphatic hydroxyl groups is 1. The second kappa shape index (κ2) is 8.60. The molecular weight excluding hydrogens is 302 g/mol. The van der Waals surface area contributed by atoms with Crippen LogP contribution >= 0.6 is 0 Å². The molecule has 1 heterocycles. The average Bonchev–Trinajstić information content (AvgIpc) is 3.41. The lowest BCUT2D eigenvalue weighted by atomic mass is 10.0. The van der Waals surface area contributed by atoms with E-state index in [1.165, 1.54) is 12.8 Å². The van der Waals surface area contributed by atoms with Gasteiger partial charge in [0.25, 0.3) is 0 Å². The quantitative estimate of drug-likeness (QED) is 0.752. The van der Waals surface area contributed by atoms with Gasteiger partial charge in [-0.2, -0.15) is 0 Å². The van der Waals surface area contributed by atoms with E-state index < -0.39 is 0 Å². The number of carbonyl (C=O) groups excluding carboxylic acids is 1. The Labute approximate surface area is 144 Å². The van der Waals surface area contributed by atoms with Crippen LogP contribution in [0, 0.1) is 0 Å². The number of amides is 1. The zero-order chi connectivity index (χ0) is 16.8. The molecule has 0 bridgehead atoms. The minimum absolute atomic E-state index is 0.0693. The van der Waals surface area contributed by atoms with Crippen LogP contribution in [0.15, 0.2) is 30.3 Å². The fourth-order valence-electron chi connectivity index (χ4n) is 3.52. The van der Waals surface area contributed by atoms with Crippen molar-refractivity contribution in [3.05, 3.63) is 35.9 Å². The molecule has 0 spiro atoms. The number of carbonyl (C=O) groups is 1. The van der Waals surface area contributed by atoms with E-state index in [0.29, 0.717) is 25.7 Å². The van der Waals surface area contributed by atoms with Crippen molar-refractivity contribution in [3.8, 4) is 0 Å². The van der Waals surface area contributed by atoms with Gasteiger partial charge in [0.2, 0.25) is 5.91 Å². The van der Waals surface area contributed by atoms with Gasteiger partial charge in [-0.3, -0.25) is 9.69 Å². The maximum atomic E-state index is 12.4. The van der Waals surface area contributed by atoms with E-state index in [-0.39, 0.29) is 12.5 Å². The average molecular weight is 331 g/mol. The predicted octanol–water partition coefficient (Wildman–Crippen LogP) is 1.22. The Kier molecular flexibility index (Phi) is 6.24. The molecule has 132 valence electrons. The van der Waals surface area contributed by atoms with Crippen molar-refractivity contribution in [1.82, 2.24) is 15.1 Å². The van der Waals surface area contributed by atoms with Gasteiger partial charge in [-0.1, -0.05) is 30.3 Å². The molecule has 1 aliphatic heterocycles. The van der Waals surface area contributed by atoms with Gasteiger partial charge < -0.3 is 15.3 Å². The maximum absolute atomic E-state index is 12.4. The van der Waals surface area contributed by atoms with Crippen molar-refractivity contribution < 1.29 is 9.90 Å². The molecule has 2 N–H and O–H groups in total. The fraction of sp³-hybridized carbons (Fsp3) is 0.632. The Hall–Kier alpha value is -1.43. The first kappa shape index (κ1) is 17.4. The number of rotatable bonds is 8. The van der Waals surface area contributed by atoms with Crippen LogP contribution in [0.1, 0.15) is 31.2 Å². The minimum Gasteiger partial charge on any atom is -0.395 e. The lowest BCUT2D eigenvalue weighted by Gasteiger charge is -2.32. The predicted molar refractivity (Wildman–Crippen MR) is 94.6 cm³/mol. The van der Waals surface area contributed by atoms with E-state index >= 15 is 0 Å². The Balaban J connectivity index is 1.43. The van der Waals surface area contributed by atoms with E-state index in [1.54, 1.807) is 0 Å². The van der Waals surface area contributed by atoms with E-state index in [2.05, 4.69) is 22.3 Å². The zero-order valence-electron chi connectivity index (χ0n) is 14.4. The summed E-state index contributed by atoms with van der Waals surface area (Å²) in [6.45, 7) is 3.84. The van der Waals surface area contributed by atoms with E-state index in [1.807, 2.05) is 23.1 Å². The first-order chi connectivity index (χ1) is 11.7. The van der Waals surface area contributed by atoms with Crippen molar-refractivity contribution in [2.45, 2.75) is 44.3 Å². The summed E-state index contributed by atoms with van der Waals surface area (Å²) in [6.07, 6.45) is 4.82. The summed E-state index contributed by atoms with van der Waals surface area (Å²) in [7, 11) is 0. The van der Waals surface area contributed by atoms with Crippen LogP contribution in [0.4, 0.5) is 0 Å². The first-order valence-electron chi connectivity index (χ1n) is 9.15. The van der Waals surface area contributed by atoms with Crippen LogP contribution in [0.2, 0.25) is 0 Å². The third-order valence-corrected chi connectivity index (χ3v) is 4.99. The second-order valence-corrected chi connectivity index (χ2v) is 7.03. The molecule has 1 aliphatic carbocycles. The summed E-state index contributed by atoms with van der Waals surface area (Å²) >= 11 is 0. The van der Waals surface area contributed by atoms with Gasteiger partial charge in [-0.15, -0.1) is 0 Å². The fourth-order valence-corrected chi connectivity index (χ4v) is 3.52. The normalized spacial score (nSPS) is 19.6. The van der Waals surface area contributed by atoms with E-state index in [4.69, 9.17) is 0 Å².